The van der Waals surface area contributed by atoms with Gasteiger partial charge in [-0.15, -0.1) is 0 Å². The van der Waals surface area contributed by atoms with Crippen LogP contribution >= 0.6 is 0 Å². The predicted octanol–water partition coefficient (Wildman–Crippen LogP) is 2.04. The first kappa shape index (κ1) is 14.2. The van der Waals surface area contributed by atoms with E-state index in [1.165, 1.54) is 0 Å². The van der Waals surface area contributed by atoms with Crippen molar-refractivity contribution in [2.75, 3.05) is 6.61 Å². The Kier molecular flexibility index (Phi) is 4.80. The number of aliphatic hydroxyl groups excluding tert-OH is 1. The van der Waals surface area contributed by atoms with Crippen LogP contribution in [-0.4, -0.2) is 21.5 Å². The van der Waals surface area contributed by atoms with Gasteiger partial charge in [0.2, 0.25) is 0 Å². The Hall–Kier alpha value is -2.25. The van der Waals surface area contributed by atoms with Gasteiger partial charge in [0.1, 0.15) is 12.4 Å². The van der Waals surface area contributed by atoms with Crippen molar-refractivity contribution in [2.45, 2.75) is 20.0 Å². The first-order valence-corrected chi connectivity index (χ1v) is 6.51. The highest BCUT2D eigenvalue weighted by Gasteiger charge is 2.02. The van der Waals surface area contributed by atoms with E-state index < -0.39 is 0 Å². The van der Waals surface area contributed by atoms with Crippen LogP contribution in [0.3, 0.4) is 0 Å². The van der Waals surface area contributed by atoms with Crippen molar-refractivity contribution in [2.24, 2.45) is 7.05 Å². The zero-order valence-electron chi connectivity index (χ0n) is 11.8. The molecule has 1 heterocycles. The van der Waals surface area contributed by atoms with Gasteiger partial charge in [-0.3, -0.25) is 4.68 Å². The summed E-state index contributed by atoms with van der Waals surface area (Å²) in [6.07, 6.45) is 0.498. The number of aromatic nitrogens is 2. The van der Waals surface area contributed by atoms with Crippen molar-refractivity contribution in [1.29, 1.82) is 0 Å². The summed E-state index contributed by atoms with van der Waals surface area (Å²) in [5.41, 5.74) is 2.94. The van der Waals surface area contributed by atoms with Gasteiger partial charge in [-0.2, -0.15) is 5.10 Å². The average molecular weight is 270 g/mol. The van der Waals surface area contributed by atoms with Gasteiger partial charge in [-0.1, -0.05) is 11.8 Å². The van der Waals surface area contributed by atoms with Crippen molar-refractivity contribution in [3.05, 3.63) is 47.3 Å². The summed E-state index contributed by atoms with van der Waals surface area (Å²) in [7, 11) is 1.91. The predicted molar refractivity (Wildman–Crippen MR) is 77.3 cm³/mol. The number of hydrogen-bond acceptors (Lipinski definition) is 3. The van der Waals surface area contributed by atoms with E-state index in [0.29, 0.717) is 13.0 Å². The Bertz CT molecular complexity index is 618. The molecule has 0 aliphatic carbocycles. The lowest BCUT2D eigenvalue weighted by molar-refractivity contribution is 0.295. The monoisotopic (exact) mass is 270 g/mol. The summed E-state index contributed by atoms with van der Waals surface area (Å²) in [4.78, 5) is 0. The Balaban J connectivity index is 1.94. The number of rotatable bonds is 4. The molecule has 0 aliphatic heterocycles. The van der Waals surface area contributed by atoms with Crippen molar-refractivity contribution >= 4 is 0 Å². The fraction of sp³-hybridized carbons (Fsp3) is 0.312. The number of hydrogen-bond donors (Lipinski definition) is 1. The smallest absolute Gasteiger partial charge is 0.130 e. The van der Waals surface area contributed by atoms with Gasteiger partial charge >= 0.3 is 0 Å². The molecule has 104 valence electrons. The summed E-state index contributed by atoms with van der Waals surface area (Å²) < 4.78 is 7.54. The summed E-state index contributed by atoms with van der Waals surface area (Å²) in [6.45, 7) is 2.55. The largest absolute Gasteiger partial charge is 0.487 e. The number of ether oxygens (including phenoxy) is 1. The second kappa shape index (κ2) is 6.78. The Labute approximate surface area is 119 Å². The van der Waals surface area contributed by atoms with Gasteiger partial charge in [0, 0.05) is 19.0 Å². The van der Waals surface area contributed by atoms with E-state index in [-0.39, 0.29) is 6.61 Å². The maximum absolute atomic E-state index is 8.66. The summed E-state index contributed by atoms with van der Waals surface area (Å²) in [5.74, 6) is 6.67. The number of nitrogens with zero attached hydrogens (tertiary/aromatic N) is 2. The average Bonchev–Trinajstić information content (AvgIpc) is 2.76. The van der Waals surface area contributed by atoms with Gasteiger partial charge in [-0.05, 0) is 37.3 Å². The van der Waals surface area contributed by atoms with Crippen LogP contribution in [0.5, 0.6) is 5.75 Å². The van der Waals surface area contributed by atoms with Crippen LogP contribution in [0, 0.1) is 18.8 Å². The molecule has 0 saturated carbocycles. The second-order valence-electron chi connectivity index (χ2n) is 4.49. The molecule has 2 aromatic rings. The summed E-state index contributed by atoms with van der Waals surface area (Å²) in [5, 5.41) is 12.9. The fourth-order valence-electron chi connectivity index (χ4n) is 1.81. The molecule has 4 nitrogen and oxygen atoms in total. The van der Waals surface area contributed by atoms with Gasteiger partial charge in [0.15, 0.2) is 0 Å². The molecule has 0 fully saturated rings. The van der Waals surface area contributed by atoms with Gasteiger partial charge in [-0.25, -0.2) is 0 Å². The molecule has 0 atom stereocenters. The van der Waals surface area contributed by atoms with Crippen LogP contribution in [0.2, 0.25) is 0 Å². The minimum absolute atomic E-state index is 0.0955. The molecule has 0 aliphatic rings. The molecule has 0 amide bonds. The molecular formula is C16H18N2O2. The standard InChI is InChI=1S/C16H18N2O2/c1-13-11-15(18(2)17-13)12-20-16-8-6-14(7-9-16)5-3-4-10-19/h6-9,11,19H,4,10,12H2,1-2H3. The van der Waals surface area contributed by atoms with Gasteiger partial charge in [0.05, 0.1) is 18.0 Å². The molecule has 1 aromatic heterocycles. The van der Waals surface area contributed by atoms with Gasteiger partial charge < -0.3 is 9.84 Å². The van der Waals surface area contributed by atoms with E-state index in [0.717, 1.165) is 22.7 Å². The molecule has 0 radical (unpaired) electrons. The van der Waals surface area contributed by atoms with Crippen molar-refractivity contribution in [3.63, 3.8) is 0 Å². The first-order chi connectivity index (χ1) is 9.69. The number of benzene rings is 1. The summed E-state index contributed by atoms with van der Waals surface area (Å²) >= 11 is 0. The SMILES string of the molecule is Cc1cc(COc2ccc(C#CCCO)cc2)n(C)n1. The van der Waals surface area contributed by atoms with E-state index in [2.05, 4.69) is 16.9 Å². The quantitative estimate of drug-likeness (QED) is 0.865. The topological polar surface area (TPSA) is 47.3 Å². The maximum atomic E-state index is 8.66. The van der Waals surface area contributed by atoms with Crippen molar-refractivity contribution in [1.82, 2.24) is 9.78 Å². The molecule has 1 aromatic carbocycles. The molecule has 20 heavy (non-hydrogen) atoms. The normalized spacial score (nSPS) is 9.95. The second-order valence-corrected chi connectivity index (χ2v) is 4.49. The Morgan fingerprint density at radius 3 is 2.65 bits per heavy atom. The molecule has 4 heteroatoms. The molecule has 0 saturated heterocycles. The van der Waals surface area contributed by atoms with Crippen LogP contribution in [0.15, 0.2) is 30.3 Å². The third-order valence-corrected chi connectivity index (χ3v) is 2.81. The zero-order valence-corrected chi connectivity index (χ0v) is 11.8. The van der Waals surface area contributed by atoms with Crippen LogP contribution in [0.1, 0.15) is 23.4 Å². The number of aliphatic hydroxyl groups is 1. The minimum Gasteiger partial charge on any atom is -0.487 e. The molecule has 0 bridgehead atoms. The van der Waals surface area contributed by atoms with Crippen LogP contribution < -0.4 is 4.74 Å². The van der Waals surface area contributed by atoms with Crippen molar-refractivity contribution < 1.29 is 9.84 Å². The Morgan fingerprint density at radius 2 is 2.05 bits per heavy atom. The van der Waals surface area contributed by atoms with E-state index >= 15 is 0 Å². The van der Waals surface area contributed by atoms with Gasteiger partial charge in [0.25, 0.3) is 0 Å². The highest BCUT2D eigenvalue weighted by Crippen LogP contribution is 2.14. The highest BCUT2D eigenvalue weighted by molar-refractivity contribution is 5.38. The number of aryl methyl sites for hydroxylation is 2. The van der Waals surface area contributed by atoms with Crippen LogP contribution in [-0.2, 0) is 13.7 Å². The lowest BCUT2D eigenvalue weighted by Gasteiger charge is -2.06. The first-order valence-electron chi connectivity index (χ1n) is 6.51. The maximum Gasteiger partial charge on any atom is 0.130 e. The van der Waals surface area contributed by atoms with E-state index in [1.54, 1.807) is 0 Å². The molecule has 2 rings (SSSR count). The highest BCUT2D eigenvalue weighted by atomic mass is 16.5. The fourth-order valence-corrected chi connectivity index (χ4v) is 1.81. The summed E-state index contributed by atoms with van der Waals surface area (Å²) in [6, 6.07) is 9.62. The van der Waals surface area contributed by atoms with E-state index in [1.807, 2.05) is 49.0 Å². The lowest BCUT2D eigenvalue weighted by atomic mass is 10.2. The molecule has 1 N–H and O–H groups in total. The van der Waals surface area contributed by atoms with E-state index in [4.69, 9.17) is 9.84 Å². The molecule has 0 unspecified atom stereocenters. The molecule has 0 spiro atoms. The zero-order chi connectivity index (χ0) is 14.4. The lowest BCUT2D eigenvalue weighted by Crippen LogP contribution is -2.02. The third kappa shape index (κ3) is 3.87. The minimum atomic E-state index is 0.0955. The van der Waals surface area contributed by atoms with Crippen molar-refractivity contribution in [3.8, 4) is 17.6 Å². The Morgan fingerprint density at radius 1 is 1.30 bits per heavy atom. The van der Waals surface area contributed by atoms with E-state index in [9.17, 15) is 0 Å². The van der Waals surface area contributed by atoms with Crippen LogP contribution in [0.4, 0.5) is 0 Å². The molecular weight excluding hydrogens is 252 g/mol. The third-order valence-electron chi connectivity index (χ3n) is 2.81. The van der Waals surface area contributed by atoms with Crippen LogP contribution in [0.25, 0.3) is 0 Å².